The maximum absolute atomic E-state index is 5.32. The van der Waals surface area contributed by atoms with Crippen LogP contribution in [0.15, 0.2) is 36.6 Å². The molecule has 0 unspecified atom stereocenters. The highest BCUT2D eigenvalue weighted by atomic mass is 14.9. The fraction of sp³-hybridized carbons (Fsp3) is 0.333. The molecule has 0 aromatic heterocycles. The Labute approximate surface area is 68.5 Å². The van der Waals surface area contributed by atoms with Crippen LogP contribution in [0.1, 0.15) is 6.92 Å². The van der Waals surface area contributed by atoms with Gasteiger partial charge in [-0.1, -0.05) is 18.7 Å². The third-order valence-corrected chi connectivity index (χ3v) is 1.16. The molecule has 0 aromatic rings. The number of nitrogens with two attached hydrogens (primary N) is 1. The second-order valence-corrected chi connectivity index (χ2v) is 2.07. The first-order valence-corrected chi connectivity index (χ1v) is 3.74. The second kappa shape index (κ2) is 7.09. The van der Waals surface area contributed by atoms with E-state index in [1.165, 1.54) is 0 Å². The van der Waals surface area contributed by atoms with E-state index in [0.717, 1.165) is 12.2 Å². The molecule has 2 heteroatoms. The van der Waals surface area contributed by atoms with Gasteiger partial charge in [0, 0.05) is 18.8 Å². The van der Waals surface area contributed by atoms with Crippen molar-refractivity contribution in [2.75, 3.05) is 13.1 Å². The summed E-state index contributed by atoms with van der Waals surface area (Å²) in [7, 11) is 0. The Hall–Kier alpha value is -1.02. The number of hydrogen-bond donors (Lipinski definition) is 2. The Morgan fingerprint density at radius 2 is 2.36 bits per heavy atom. The molecule has 0 fully saturated rings. The SMILES string of the molecule is C=C/C(=C\C=C/C)NCCN. The van der Waals surface area contributed by atoms with Crippen molar-refractivity contribution in [3.05, 3.63) is 36.6 Å². The monoisotopic (exact) mass is 152 g/mol. The van der Waals surface area contributed by atoms with Crippen LogP contribution in [-0.2, 0) is 0 Å². The van der Waals surface area contributed by atoms with Crippen molar-refractivity contribution in [2.45, 2.75) is 6.92 Å². The van der Waals surface area contributed by atoms with E-state index in [1.54, 1.807) is 6.08 Å². The van der Waals surface area contributed by atoms with Crippen molar-refractivity contribution in [2.24, 2.45) is 5.73 Å². The van der Waals surface area contributed by atoms with Gasteiger partial charge < -0.3 is 11.1 Å². The highest BCUT2D eigenvalue weighted by molar-refractivity contribution is 5.19. The van der Waals surface area contributed by atoms with E-state index in [9.17, 15) is 0 Å². The van der Waals surface area contributed by atoms with Gasteiger partial charge in [-0.2, -0.15) is 0 Å². The third-order valence-electron chi connectivity index (χ3n) is 1.16. The highest BCUT2D eigenvalue weighted by Gasteiger charge is 1.84. The molecule has 0 saturated heterocycles. The number of hydrogen-bond acceptors (Lipinski definition) is 2. The molecule has 0 aliphatic rings. The van der Waals surface area contributed by atoms with E-state index in [2.05, 4.69) is 11.9 Å². The average molecular weight is 152 g/mol. The zero-order valence-corrected chi connectivity index (χ0v) is 7.01. The van der Waals surface area contributed by atoms with Gasteiger partial charge in [-0.25, -0.2) is 0 Å². The average Bonchev–Trinajstić information content (AvgIpc) is 2.05. The molecule has 0 rings (SSSR count). The van der Waals surface area contributed by atoms with E-state index in [0.29, 0.717) is 6.54 Å². The van der Waals surface area contributed by atoms with Gasteiger partial charge in [0.15, 0.2) is 0 Å². The van der Waals surface area contributed by atoms with E-state index in [-0.39, 0.29) is 0 Å². The molecule has 0 heterocycles. The maximum Gasteiger partial charge on any atom is 0.0334 e. The van der Waals surface area contributed by atoms with Crippen molar-refractivity contribution in [3.8, 4) is 0 Å². The Morgan fingerprint density at radius 3 is 2.82 bits per heavy atom. The van der Waals surface area contributed by atoms with Gasteiger partial charge in [-0.3, -0.25) is 0 Å². The Morgan fingerprint density at radius 1 is 1.64 bits per heavy atom. The first-order chi connectivity index (χ1) is 5.35. The molecule has 3 N–H and O–H groups in total. The van der Waals surface area contributed by atoms with Gasteiger partial charge in [-0.05, 0) is 19.1 Å². The largest absolute Gasteiger partial charge is 0.384 e. The number of allylic oxidation sites excluding steroid dienone is 4. The molecule has 0 aliphatic carbocycles. The van der Waals surface area contributed by atoms with Crippen molar-refractivity contribution in [1.82, 2.24) is 5.32 Å². The summed E-state index contributed by atoms with van der Waals surface area (Å²) >= 11 is 0. The maximum atomic E-state index is 5.32. The quantitative estimate of drug-likeness (QED) is 0.580. The van der Waals surface area contributed by atoms with Crippen LogP contribution in [0, 0.1) is 0 Å². The second-order valence-electron chi connectivity index (χ2n) is 2.07. The van der Waals surface area contributed by atoms with Gasteiger partial charge >= 0.3 is 0 Å². The van der Waals surface area contributed by atoms with Crippen molar-refractivity contribution < 1.29 is 0 Å². The zero-order valence-electron chi connectivity index (χ0n) is 7.01. The Bertz CT molecular complexity index is 157. The van der Waals surface area contributed by atoms with Crippen LogP contribution in [0.25, 0.3) is 0 Å². The minimum absolute atomic E-state index is 0.640. The molecule has 0 bridgehead atoms. The molecule has 62 valence electrons. The van der Waals surface area contributed by atoms with Crippen LogP contribution >= 0.6 is 0 Å². The molecule has 0 spiro atoms. The predicted octanol–water partition coefficient (Wildman–Crippen LogP) is 1.18. The molecule has 0 radical (unpaired) electrons. The number of rotatable bonds is 5. The highest BCUT2D eigenvalue weighted by Crippen LogP contribution is 1.89. The summed E-state index contributed by atoms with van der Waals surface area (Å²) in [6.45, 7) is 7.06. The summed E-state index contributed by atoms with van der Waals surface area (Å²) in [6.07, 6.45) is 7.66. The fourth-order valence-electron chi connectivity index (χ4n) is 0.616. The molecular formula is C9H16N2. The van der Waals surface area contributed by atoms with Crippen LogP contribution in [0.2, 0.25) is 0 Å². The Balaban J connectivity index is 3.83. The van der Waals surface area contributed by atoms with E-state index in [1.807, 2.05) is 25.2 Å². The molecule has 0 saturated carbocycles. The zero-order chi connectivity index (χ0) is 8.53. The van der Waals surface area contributed by atoms with Gasteiger partial charge in [-0.15, -0.1) is 0 Å². The first-order valence-electron chi connectivity index (χ1n) is 3.74. The molecule has 0 atom stereocenters. The van der Waals surface area contributed by atoms with E-state index < -0.39 is 0 Å². The fourth-order valence-corrected chi connectivity index (χ4v) is 0.616. The summed E-state index contributed by atoms with van der Waals surface area (Å²) in [5.74, 6) is 0. The van der Waals surface area contributed by atoms with Crippen LogP contribution in [-0.4, -0.2) is 13.1 Å². The standard InChI is InChI=1S/C9H16N2/c1-3-5-6-9(4-2)11-8-7-10/h3-6,11H,2,7-8,10H2,1H3/b5-3-,9-6+. The lowest BCUT2D eigenvalue weighted by atomic mass is 10.3. The van der Waals surface area contributed by atoms with E-state index in [4.69, 9.17) is 5.73 Å². The molecule has 0 amide bonds. The predicted molar refractivity (Wildman–Crippen MR) is 50.2 cm³/mol. The molecule has 0 aliphatic heterocycles. The van der Waals surface area contributed by atoms with Crippen molar-refractivity contribution >= 4 is 0 Å². The Kier molecular flexibility index (Phi) is 6.43. The van der Waals surface area contributed by atoms with Crippen LogP contribution < -0.4 is 11.1 Å². The summed E-state index contributed by atoms with van der Waals surface area (Å²) in [4.78, 5) is 0. The van der Waals surface area contributed by atoms with Crippen molar-refractivity contribution in [3.63, 3.8) is 0 Å². The summed E-state index contributed by atoms with van der Waals surface area (Å²) in [5.41, 5.74) is 6.33. The minimum Gasteiger partial charge on any atom is -0.384 e. The number of nitrogens with one attached hydrogen (secondary N) is 1. The van der Waals surface area contributed by atoms with Gasteiger partial charge in [0.1, 0.15) is 0 Å². The lowest BCUT2D eigenvalue weighted by Crippen LogP contribution is -2.20. The minimum atomic E-state index is 0.640. The lowest BCUT2D eigenvalue weighted by Gasteiger charge is -2.02. The normalized spacial score (nSPS) is 12.0. The smallest absolute Gasteiger partial charge is 0.0334 e. The molecule has 11 heavy (non-hydrogen) atoms. The molecule has 2 nitrogen and oxygen atoms in total. The summed E-state index contributed by atoms with van der Waals surface area (Å²) < 4.78 is 0. The first kappa shape index (κ1) is 9.98. The molecular weight excluding hydrogens is 136 g/mol. The van der Waals surface area contributed by atoms with Crippen LogP contribution in [0.4, 0.5) is 0 Å². The van der Waals surface area contributed by atoms with Crippen LogP contribution in [0.3, 0.4) is 0 Å². The molecule has 0 aromatic carbocycles. The van der Waals surface area contributed by atoms with Crippen LogP contribution in [0.5, 0.6) is 0 Å². The third kappa shape index (κ3) is 5.43. The van der Waals surface area contributed by atoms with Crippen molar-refractivity contribution in [1.29, 1.82) is 0 Å². The van der Waals surface area contributed by atoms with Gasteiger partial charge in [0.25, 0.3) is 0 Å². The van der Waals surface area contributed by atoms with Gasteiger partial charge in [0.05, 0.1) is 0 Å². The van der Waals surface area contributed by atoms with Gasteiger partial charge in [0.2, 0.25) is 0 Å². The summed E-state index contributed by atoms with van der Waals surface area (Å²) in [6, 6.07) is 0. The topological polar surface area (TPSA) is 38.0 Å². The summed E-state index contributed by atoms with van der Waals surface area (Å²) in [5, 5.41) is 3.12. The lowest BCUT2D eigenvalue weighted by molar-refractivity contribution is 0.815. The van der Waals surface area contributed by atoms with E-state index >= 15 is 0 Å².